The Morgan fingerprint density at radius 1 is 1.15 bits per heavy atom. The zero-order chi connectivity index (χ0) is 14.1. The summed E-state index contributed by atoms with van der Waals surface area (Å²) in [6.45, 7) is 0.896. The molecule has 0 amide bonds. The maximum atomic E-state index is 11.2. The Morgan fingerprint density at radius 2 is 1.90 bits per heavy atom. The van der Waals surface area contributed by atoms with Crippen molar-refractivity contribution >= 4 is 10.9 Å². The highest BCUT2D eigenvalue weighted by Crippen LogP contribution is 2.22. The number of fused-ring (bicyclic) bond motifs is 1. The van der Waals surface area contributed by atoms with Crippen LogP contribution in [0.5, 0.6) is 0 Å². The first-order valence-electron chi connectivity index (χ1n) is 6.57. The third-order valence-electron chi connectivity index (χ3n) is 3.33. The van der Waals surface area contributed by atoms with E-state index in [1.165, 1.54) is 10.9 Å². The molecule has 1 aromatic carbocycles. The summed E-state index contributed by atoms with van der Waals surface area (Å²) in [5.41, 5.74) is 3.48. The van der Waals surface area contributed by atoms with Gasteiger partial charge in [0.15, 0.2) is 5.43 Å². The van der Waals surface area contributed by atoms with Crippen molar-refractivity contribution in [3.05, 3.63) is 64.7 Å². The smallest absolute Gasteiger partial charge is 0.181 e. The Labute approximate surface area is 117 Å². The molecule has 0 atom stereocenters. The van der Waals surface area contributed by atoms with Crippen molar-refractivity contribution in [1.29, 1.82) is 0 Å². The minimum absolute atomic E-state index is 0.0252. The number of hydrogen-bond acceptors (Lipinski definition) is 2. The third-order valence-corrected chi connectivity index (χ3v) is 3.33. The Balaban J connectivity index is 2.09. The summed E-state index contributed by atoms with van der Waals surface area (Å²) in [6.07, 6.45) is 5.64. The molecule has 0 fully saturated rings. The van der Waals surface area contributed by atoms with Crippen LogP contribution in [0.1, 0.15) is 5.56 Å². The fourth-order valence-electron chi connectivity index (χ4n) is 2.38. The van der Waals surface area contributed by atoms with E-state index in [2.05, 4.69) is 42.3 Å². The Hall–Kier alpha value is -2.33. The fraction of sp³-hybridized carbons (Fsp3) is 0.188. The van der Waals surface area contributed by atoms with Crippen molar-refractivity contribution < 1.29 is 0 Å². The number of pyridine rings is 1. The number of H-pyrrole nitrogens is 1. The molecule has 4 heteroatoms. The van der Waals surface area contributed by atoms with Crippen LogP contribution in [0.2, 0.25) is 0 Å². The molecule has 102 valence electrons. The molecule has 0 aliphatic rings. The van der Waals surface area contributed by atoms with Gasteiger partial charge in [-0.05, 0) is 37.9 Å². The van der Waals surface area contributed by atoms with Gasteiger partial charge >= 0.3 is 0 Å². The lowest BCUT2D eigenvalue weighted by Crippen LogP contribution is -2.10. The first-order valence-corrected chi connectivity index (χ1v) is 6.57. The normalized spacial score (nSPS) is 11.3. The van der Waals surface area contributed by atoms with Crippen LogP contribution in [0.3, 0.4) is 0 Å². The minimum Gasteiger partial charge on any atom is -0.361 e. The number of rotatable bonds is 3. The maximum Gasteiger partial charge on any atom is 0.181 e. The van der Waals surface area contributed by atoms with E-state index in [0.29, 0.717) is 0 Å². The van der Waals surface area contributed by atoms with Crippen LogP contribution in [0.4, 0.5) is 0 Å². The van der Waals surface area contributed by atoms with Crippen LogP contribution < -0.4 is 5.43 Å². The van der Waals surface area contributed by atoms with Gasteiger partial charge in [0.1, 0.15) is 0 Å². The summed E-state index contributed by atoms with van der Waals surface area (Å²) in [5, 5.41) is 1.22. The summed E-state index contributed by atoms with van der Waals surface area (Å²) in [4.78, 5) is 16.6. The molecule has 2 heterocycles. The predicted molar refractivity (Wildman–Crippen MR) is 81.3 cm³/mol. The molecular weight excluding hydrogens is 250 g/mol. The lowest BCUT2D eigenvalue weighted by molar-refractivity contribution is 0.404. The molecule has 0 unspecified atom stereocenters. The van der Waals surface area contributed by atoms with Gasteiger partial charge in [-0.2, -0.15) is 0 Å². The van der Waals surface area contributed by atoms with Gasteiger partial charge < -0.3 is 14.5 Å². The topological polar surface area (TPSA) is 41.0 Å². The average molecular weight is 267 g/mol. The van der Waals surface area contributed by atoms with Gasteiger partial charge in [-0.3, -0.25) is 4.79 Å². The molecule has 2 aromatic heterocycles. The SMILES string of the molecule is CN(C)Cc1c[nH]c2ccc(-n3ccc(=O)cc3)cc12. The summed E-state index contributed by atoms with van der Waals surface area (Å²) >= 11 is 0. The zero-order valence-electron chi connectivity index (χ0n) is 11.6. The zero-order valence-corrected chi connectivity index (χ0v) is 11.6. The molecule has 0 aliphatic heterocycles. The van der Waals surface area contributed by atoms with Crippen molar-refractivity contribution in [2.24, 2.45) is 0 Å². The van der Waals surface area contributed by atoms with E-state index < -0.39 is 0 Å². The summed E-state index contributed by atoms with van der Waals surface area (Å²) in [6, 6.07) is 9.41. The summed E-state index contributed by atoms with van der Waals surface area (Å²) < 4.78 is 1.95. The van der Waals surface area contributed by atoms with Crippen molar-refractivity contribution in [3.8, 4) is 5.69 Å². The largest absolute Gasteiger partial charge is 0.361 e. The maximum absolute atomic E-state index is 11.2. The standard InChI is InChI=1S/C16H17N3O/c1-18(2)11-12-10-17-16-4-3-13(9-15(12)16)19-7-5-14(20)6-8-19/h3-10,17H,11H2,1-2H3. The highest BCUT2D eigenvalue weighted by atomic mass is 16.1. The second-order valence-electron chi connectivity index (χ2n) is 5.22. The number of aromatic nitrogens is 2. The number of benzene rings is 1. The highest BCUT2D eigenvalue weighted by Gasteiger charge is 2.06. The van der Waals surface area contributed by atoms with Gasteiger partial charge in [-0.25, -0.2) is 0 Å². The minimum atomic E-state index is 0.0252. The van der Waals surface area contributed by atoms with Crippen LogP contribution in [0.25, 0.3) is 16.6 Å². The van der Waals surface area contributed by atoms with E-state index >= 15 is 0 Å². The van der Waals surface area contributed by atoms with Gasteiger partial charge in [-0.15, -0.1) is 0 Å². The van der Waals surface area contributed by atoms with Crippen molar-refractivity contribution in [2.75, 3.05) is 14.1 Å². The van der Waals surface area contributed by atoms with Gasteiger partial charge in [0.05, 0.1) is 0 Å². The molecule has 0 bridgehead atoms. The molecule has 0 saturated carbocycles. The molecule has 4 nitrogen and oxygen atoms in total. The van der Waals surface area contributed by atoms with Crippen LogP contribution >= 0.6 is 0 Å². The molecular formula is C16H17N3O. The van der Waals surface area contributed by atoms with Crippen LogP contribution in [0, 0.1) is 0 Å². The van der Waals surface area contributed by atoms with E-state index in [4.69, 9.17) is 0 Å². The lowest BCUT2D eigenvalue weighted by atomic mass is 10.1. The number of aromatic amines is 1. The first kappa shape index (κ1) is 12.7. The Kier molecular flexibility index (Phi) is 3.16. The van der Waals surface area contributed by atoms with E-state index in [-0.39, 0.29) is 5.43 Å². The molecule has 0 saturated heterocycles. The van der Waals surface area contributed by atoms with Crippen molar-refractivity contribution in [2.45, 2.75) is 6.54 Å². The average Bonchev–Trinajstić information content (AvgIpc) is 2.81. The molecule has 1 N–H and O–H groups in total. The molecule has 0 aliphatic carbocycles. The quantitative estimate of drug-likeness (QED) is 0.791. The van der Waals surface area contributed by atoms with E-state index in [9.17, 15) is 4.79 Å². The van der Waals surface area contributed by atoms with Crippen molar-refractivity contribution in [3.63, 3.8) is 0 Å². The third kappa shape index (κ3) is 2.38. The lowest BCUT2D eigenvalue weighted by Gasteiger charge is -2.09. The second kappa shape index (κ2) is 4.98. The van der Waals surface area contributed by atoms with Crippen LogP contribution in [0.15, 0.2) is 53.7 Å². The number of nitrogens with one attached hydrogen (secondary N) is 1. The fourth-order valence-corrected chi connectivity index (χ4v) is 2.38. The first-order chi connectivity index (χ1) is 9.63. The Bertz CT molecular complexity index is 778. The van der Waals surface area contributed by atoms with E-state index in [1.807, 2.05) is 10.6 Å². The van der Waals surface area contributed by atoms with Gasteiger partial charge in [-0.1, -0.05) is 0 Å². The van der Waals surface area contributed by atoms with E-state index in [0.717, 1.165) is 17.7 Å². The van der Waals surface area contributed by atoms with Gasteiger partial charge in [0, 0.05) is 53.9 Å². The highest BCUT2D eigenvalue weighted by molar-refractivity contribution is 5.85. The predicted octanol–water partition coefficient (Wildman–Crippen LogP) is 2.38. The molecule has 0 spiro atoms. The van der Waals surface area contributed by atoms with Crippen LogP contribution in [-0.4, -0.2) is 28.5 Å². The summed E-state index contributed by atoms with van der Waals surface area (Å²) in [5.74, 6) is 0. The van der Waals surface area contributed by atoms with Crippen LogP contribution in [-0.2, 0) is 6.54 Å². The van der Waals surface area contributed by atoms with Crippen molar-refractivity contribution in [1.82, 2.24) is 14.5 Å². The molecule has 3 rings (SSSR count). The number of hydrogen-bond donors (Lipinski definition) is 1. The monoisotopic (exact) mass is 267 g/mol. The number of nitrogens with zero attached hydrogens (tertiary/aromatic N) is 2. The second-order valence-corrected chi connectivity index (χ2v) is 5.22. The molecule has 20 heavy (non-hydrogen) atoms. The summed E-state index contributed by atoms with van der Waals surface area (Å²) in [7, 11) is 4.12. The van der Waals surface area contributed by atoms with E-state index in [1.54, 1.807) is 24.5 Å². The molecule has 3 aromatic rings. The van der Waals surface area contributed by atoms with Gasteiger partial charge in [0.2, 0.25) is 0 Å². The molecule has 0 radical (unpaired) electrons. The van der Waals surface area contributed by atoms with Gasteiger partial charge in [0.25, 0.3) is 0 Å². The Morgan fingerprint density at radius 3 is 2.60 bits per heavy atom.